The Hall–Kier alpha value is -2.33. The maximum atomic E-state index is 13.4. The fourth-order valence-corrected chi connectivity index (χ4v) is 5.41. The summed E-state index contributed by atoms with van der Waals surface area (Å²) in [6.45, 7) is 6.63. The van der Waals surface area contributed by atoms with E-state index in [1.54, 1.807) is 0 Å². The Bertz CT molecular complexity index is 843. The van der Waals surface area contributed by atoms with E-state index in [0.717, 1.165) is 68.2 Å². The Balaban J connectivity index is 1.29. The Morgan fingerprint density at radius 2 is 1.78 bits per heavy atom. The van der Waals surface area contributed by atoms with E-state index in [-0.39, 0.29) is 5.91 Å². The third kappa shape index (κ3) is 5.72. The van der Waals surface area contributed by atoms with Crippen molar-refractivity contribution in [3.05, 3.63) is 60.2 Å². The smallest absolute Gasteiger partial charge is 0.235 e. The zero-order valence-electron chi connectivity index (χ0n) is 19.5. The second-order valence-electron chi connectivity index (χ2n) is 9.74. The molecule has 2 fully saturated rings. The monoisotopic (exact) mass is 434 g/mol. The molecule has 1 aliphatic carbocycles. The molecule has 1 saturated heterocycles. The molecule has 32 heavy (non-hydrogen) atoms. The average molecular weight is 435 g/mol. The van der Waals surface area contributed by atoms with Crippen LogP contribution in [0.4, 0.5) is 5.69 Å². The lowest BCUT2D eigenvalue weighted by Gasteiger charge is -2.36. The number of benzene rings is 2. The fourth-order valence-electron chi connectivity index (χ4n) is 5.41. The first-order valence-electron chi connectivity index (χ1n) is 12.5. The highest BCUT2D eigenvalue weighted by molar-refractivity contribution is 5.99. The van der Waals surface area contributed by atoms with E-state index >= 15 is 0 Å². The summed E-state index contributed by atoms with van der Waals surface area (Å²) in [7, 11) is 0. The van der Waals surface area contributed by atoms with Gasteiger partial charge < -0.3 is 15.0 Å². The van der Waals surface area contributed by atoms with Crippen molar-refractivity contribution in [1.82, 2.24) is 4.90 Å². The number of hydrogen-bond acceptors (Lipinski definition) is 3. The van der Waals surface area contributed by atoms with Crippen molar-refractivity contribution < 1.29 is 9.53 Å². The van der Waals surface area contributed by atoms with Crippen LogP contribution in [0.2, 0.25) is 0 Å². The number of amides is 1. The van der Waals surface area contributed by atoms with Crippen LogP contribution in [-0.2, 0) is 10.2 Å². The van der Waals surface area contributed by atoms with Crippen molar-refractivity contribution >= 4 is 11.6 Å². The van der Waals surface area contributed by atoms with Gasteiger partial charge in [0, 0.05) is 18.8 Å². The molecule has 4 rings (SSSR count). The molecule has 2 aromatic carbocycles. The lowest BCUT2D eigenvalue weighted by atomic mass is 9.68. The molecule has 1 heterocycles. The standard InChI is InChI=1S/C28H38N2O2/c1-23-10-8-19-30(22-23)20-9-21-32-26-15-13-25(14-16-26)29-27(31)28(17-6-3-7-18-28)24-11-4-2-5-12-24/h2,4-5,11-16,23H,3,6-10,17-22H2,1H3,(H,29,31)/t23-/m0/s1. The topological polar surface area (TPSA) is 41.6 Å². The molecule has 1 N–H and O–H groups in total. The van der Waals surface area contributed by atoms with Gasteiger partial charge in [0.15, 0.2) is 0 Å². The van der Waals surface area contributed by atoms with E-state index in [2.05, 4.69) is 29.3 Å². The molecule has 172 valence electrons. The molecule has 0 radical (unpaired) electrons. The lowest BCUT2D eigenvalue weighted by molar-refractivity contribution is -0.122. The van der Waals surface area contributed by atoms with Gasteiger partial charge in [-0.05, 0) is 74.4 Å². The molecule has 1 aliphatic heterocycles. The highest BCUT2D eigenvalue weighted by Gasteiger charge is 2.41. The van der Waals surface area contributed by atoms with Crippen LogP contribution in [0, 0.1) is 5.92 Å². The summed E-state index contributed by atoms with van der Waals surface area (Å²) < 4.78 is 5.95. The molecular formula is C28H38N2O2. The minimum Gasteiger partial charge on any atom is -0.494 e. The number of rotatable bonds is 8. The summed E-state index contributed by atoms with van der Waals surface area (Å²) in [5.41, 5.74) is 1.56. The highest BCUT2D eigenvalue weighted by atomic mass is 16.5. The lowest BCUT2D eigenvalue weighted by Crippen LogP contribution is -2.42. The molecule has 0 spiro atoms. The van der Waals surface area contributed by atoms with Crippen LogP contribution < -0.4 is 10.1 Å². The van der Waals surface area contributed by atoms with Crippen LogP contribution in [0.3, 0.4) is 0 Å². The van der Waals surface area contributed by atoms with Crippen molar-refractivity contribution in [3.63, 3.8) is 0 Å². The Morgan fingerprint density at radius 3 is 2.50 bits per heavy atom. The molecule has 0 unspecified atom stereocenters. The summed E-state index contributed by atoms with van der Waals surface area (Å²) in [6, 6.07) is 18.2. The highest BCUT2D eigenvalue weighted by Crippen LogP contribution is 2.40. The van der Waals surface area contributed by atoms with Gasteiger partial charge in [0.1, 0.15) is 5.75 Å². The van der Waals surface area contributed by atoms with Crippen molar-refractivity contribution in [2.75, 3.05) is 31.6 Å². The second-order valence-corrected chi connectivity index (χ2v) is 9.74. The van der Waals surface area contributed by atoms with E-state index in [1.165, 1.54) is 32.4 Å². The van der Waals surface area contributed by atoms with Gasteiger partial charge in [-0.25, -0.2) is 0 Å². The van der Waals surface area contributed by atoms with Gasteiger partial charge in [-0.1, -0.05) is 56.5 Å². The Morgan fingerprint density at radius 1 is 1.03 bits per heavy atom. The van der Waals surface area contributed by atoms with E-state index in [9.17, 15) is 4.79 Å². The summed E-state index contributed by atoms with van der Waals surface area (Å²) >= 11 is 0. The summed E-state index contributed by atoms with van der Waals surface area (Å²) in [4.78, 5) is 16.0. The molecule has 0 bridgehead atoms. The van der Waals surface area contributed by atoms with Crippen LogP contribution in [0.15, 0.2) is 54.6 Å². The Labute approximate surface area is 193 Å². The van der Waals surface area contributed by atoms with Crippen LogP contribution in [0.25, 0.3) is 0 Å². The van der Waals surface area contributed by atoms with Crippen molar-refractivity contribution in [2.24, 2.45) is 5.92 Å². The molecular weight excluding hydrogens is 396 g/mol. The van der Waals surface area contributed by atoms with Crippen molar-refractivity contribution in [3.8, 4) is 5.75 Å². The number of carbonyl (C=O) groups excluding carboxylic acids is 1. The molecule has 2 aromatic rings. The minimum absolute atomic E-state index is 0.118. The third-order valence-electron chi connectivity index (χ3n) is 7.21. The van der Waals surface area contributed by atoms with Gasteiger partial charge in [-0.2, -0.15) is 0 Å². The van der Waals surface area contributed by atoms with Crippen LogP contribution in [0.5, 0.6) is 5.75 Å². The third-order valence-corrected chi connectivity index (χ3v) is 7.21. The van der Waals surface area contributed by atoms with E-state index < -0.39 is 5.41 Å². The molecule has 2 aliphatic rings. The summed E-state index contributed by atoms with van der Waals surface area (Å²) in [5.74, 6) is 1.81. The van der Waals surface area contributed by atoms with Gasteiger partial charge >= 0.3 is 0 Å². The van der Waals surface area contributed by atoms with E-state index in [0.29, 0.717) is 0 Å². The van der Waals surface area contributed by atoms with E-state index in [4.69, 9.17) is 4.74 Å². The number of carbonyl (C=O) groups is 1. The Kier molecular flexibility index (Phi) is 7.85. The van der Waals surface area contributed by atoms with Crippen LogP contribution in [0.1, 0.15) is 63.9 Å². The number of ether oxygens (including phenoxy) is 1. The number of piperidine rings is 1. The zero-order chi connectivity index (χ0) is 22.2. The summed E-state index contributed by atoms with van der Waals surface area (Å²) in [6.07, 6.45) is 8.98. The first kappa shape index (κ1) is 22.8. The number of nitrogens with zero attached hydrogens (tertiary/aromatic N) is 1. The number of nitrogens with one attached hydrogen (secondary N) is 1. The average Bonchev–Trinajstić information content (AvgIpc) is 2.84. The molecule has 1 amide bonds. The second kappa shape index (κ2) is 11.0. The normalized spacial score (nSPS) is 21.1. The zero-order valence-corrected chi connectivity index (χ0v) is 19.5. The largest absolute Gasteiger partial charge is 0.494 e. The minimum atomic E-state index is -0.416. The molecule has 1 atom stereocenters. The van der Waals surface area contributed by atoms with Gasteiger partial charge in [0.05, 0.1) is 12.0 Å². The SMILES string of the molecule is C[C@H]1CCCN(CCCOc2ccc(NC(=O)C3(c4ccccc4)CCCCC3)cc2)C1. The molecule has 4 nitrogen and oxygen atoms in total. The van der Waals surface area contributed by atoms with Gasteiger partial charge in [-0.15, -0.1) is 0 Å². The molecule has 1 saturated carbocycles. The molecule has 4 heteroatoms. The predicted molar refractivity (Wildman–Crippen MR) is 131 cm³/mol. The first-order chi connectivity index (χ1) is 15.7. The predicted octanol–water partition coefficient (Wildman–Crippen LogP) is 6.03. The van der Waals surface area contributed by atoms with Crippen molar-refractivity contribution in [1.29, 1.82) is 0 Å². The molecule has 0 aromatic heterocycles. The maximum absolute atomic E-state index is 13.4. The van der Waals surface area contributed by atoms with Gasteiger partial charge in [0.2, 0.25) is 5.91 Å². The van der Waals surface area contributed by atoms with Gasteiger partial charge in [0.25, 0.3) is 0 Å². The van der Waals surface area contributed by atoms with Crippen LogP contribution in [-0.4, -0.2) is 37.0 Å². The number of hydrogen-bond donors (Lipinski definition) is 1. The number of likely N-dealkylation sites (tertiary alicyclic amines) is 1. The maximum Gasteiger partial charge on any atom is 0.235 e. The van der Waals surface area contributed by atoms with E-state index in [1.807, 2.05) is 42.5 Å². The number of anilines is 1. The van der Waals surface area contributed by atoms with Crippen LogP contribution >= 0.6 is 0 Å². The first-order valence-corrected chi connectivity index (χ1v) is 12.5. The van der Waals surface area contributed by atoms with Crippen molar-refractivity contribution in [2.45, 2.75) is 63.7 Å². The quantitative estimate of drug-likeness (QED) is 0.516. The fraction of sp³-hybridized carbons (Fsp3) is 0.536. The summed E-state index contributed by atoms with van der Waals surface area (Å²) in [5, 5.41) is 3.19. The van der Waals surface area contributed by atoms with Gasteiger partial charge in [-0.3, -0.25) is 4.79 Å².